The molecule has 2 heterocycles. The molecule has 0 unspecified atom stereocenters. The smallest absolute Gasteiger partial charge is 0.301 e. The van der Waals surface area contributed by atoms with Crippen molar-refractivity contribution < 1.29 is 13.6 Å². The number of piperidine rings is 1. The molecule has 0 atom stereocenters. The van der Waals surface area contributed by atoms with Crippen molar-refractivity contribution in [3.63, 3.8) is 0 Å². The number of halogens is 2. The quantitative estimate of drug-likeness (QED) is 0.921. The van der Waals surface area contributed by atoms with Crippen LogP contribution in [0.4, 0.5) is 4.39 Å². The Morgan fingerprint density at radius 3 is 2.64 bits per heavy atom. The minimum atomic E-state index is -0.515. The van der Waals surface area contributed by atoms with Crippen LogP contribution in [-0.4, -0.2) is 24.0 Å². The molecule has 1 N–H and O–H groups in total. The summed E-state index contributed by atoms with van der Waals surface area (Å²) in [6, 6.07) is 4.78. The fraction of sp³-hybridized carbons (Fsp3) is 0.333. The van der Waals surface area contributed by atoms with Crippen LogP contribution < -0.4 is 10.9 Å². The predicted octanol–water partition coefficient (Wildman–Crippen LogP) is 2.48. The highest BCUT2D eigenvalue weighted by atomic mass is 35.5. The van der Waals surface area contributed by atoms with Crippen LogP contribution in [0.15, 0.2) is 33.5 Å². The summed E-state index contributed by atoms with van der Waals surface area (Å²) in [4.78, 5) is 24.0. The van der Waals surface area contributed by atoms with Crippen LogP contribution in [-0.2, 0) is 0 Å². The van der Waals surface area contributed by atoms with Gasteiger partial charge in [-0.2, -0.15) is 0 Å². The molecule has 0 aliphatic carbocycles. The monoisotopic (exact) mass is 326 g/mol. The summed E-state index contributed by atoms with van der Waals surface area (Å²) in [6.45, 7) is 1.55. The van der Waals surface area contributed by atoms with Gasteiger partial charge in [0.2, 0.25) is 0 Å². The van der Waals surface area contributed by atoms with E-state index < -0.39 is 11.7 Å². The number of nitrogens with zero attached hydrogens (tertiary/aromatic N) is 1. The molecule has 0 radical (unpaired) electrons. The highest BCUT2D eigenvalue weighted by Crippen LogP contribution is 2.14. The molecule has 7 heteroatoms. The van der Waals surface area contributed by atoms with Gasteiger partial charge in [-0.3, -0.25) is 15.0 Å². The predicted molar refractivity (Wildman–Crippen MR) is 82.6 cm³/mol. The van der Waals surface area contributed by atoms with E-state index in [4.69, 9.17) is 4.42 Å². The number of rotatable bonds is 2. The molecule has 0 bridgehead atoms. The van der Waals surface area contributed by atoms with Gasteiger partial charge in [-0.05, 0) is 25.0 Å². The number of hydrogen-bond acceptors (Lipinski definition) is 4. The topological polar surface area (TPSA) is 62.6 Å². The summed E-state index contributed by atoms with van der Waals surface area (Å²) in [6.07, 6.45) is 3.19. The first-order valence-electron chi connectivity index (χ1n) is 6.93. The summed E-state index contributed by atoms with van der Waals surface area (Å²) in [5.41, 5.74) is 2.42. The number of carbonyl (C=O) groups excluding carboxylic acids is 1. The number of hydrogen-bond donors (Lipinski definition) is 1. The zero-order valence-corrected chi connectivity index (χ0v) is 12.6. The second kappa shape index (κ2) is 6.89. The Hall–Kier alpha value is -1.92. The number of carbonyl (C=O) groups is 1. The molecule has 1 amide bonds. The molecule has 1 aliphatic heterocycles. The van der Waals surface area contributed by atoms with Crippen LogP contribution in [0.1, 0.15) is 29.8 Å². The Kier molecular flexibility index (Phi) is 5.15. The van der Waals surface area contributed by atoms with Crippen molar-refractivity contribution in [2.24, 2.45) is 0 Å². The maximum Gasteiger partial charge on any atom is 0.301 e. The van der Waals surface area contributed by atoms with E-state index >= 15 is 0 Å². The Morgan fingerprint density at radius 1 is 1.18 bits per heavy atom. The molecular weight excluding hydrogens is 311 g/mol. The average molecular weight is 327 g/mol. The molecule has 2 aromatic rings. The Morgan fingerprint density at radius 2 is 1.91 bits per heavy atom. The van der Waals surface area contributed by atoms with Gasteiger partial charge < -0.3 is 4.42 Å². The minimum absolute atomic E-state index is 0. The SMILES string of the molecule is Cl.O=C(NN1CCCCC1)c1cc(=O)c2ccc(F)cc2o1. The molecule has 1 fully saturated rings. The molecule has 1 aliphatic rings. The van der Waals surface area contributed by atoms with Crippen LogP contribution in [0.25, 0.3) is 11.0 Å². The zero-order valence-electron chi connectivity index (χ0n) is 11.8. The lowest BCUT2D eigenvalue weighted by molar-refractivity contribution is 0.0722. The molecule has 3 rings (SSSR count). The van der Waals surface area contributed by atoms with E-state index in [0.717, 1.165) is 44.5 Å². The first-order valence-corrected chi connectivity index (χ1v) is 6.93. The molecule has 1 aromatic heterocycles. The highest BCUT2D eigenvalue weighted by molar-refractivity contribution is 5.92. The largest absolute Gasteiger partial charge is 0.450 e. The highest BCUT2D eigenvalue weighted by Gasteiger charge is 2.17. The van der Waals surface area contributed by atoms with Crippen molar-refractivity contribution in [1.82, 2.24) is 10.4 Å². The van der Waals surface area contributed by atoms with E-state index in [2.05, 4.69) is 5.43 Å². The van der Waals surface area contributed by atoms with Crippen LogP contribution >= 0.6 is 12.4 Å². The van der Waals surface area contributed by atoms with E-state index in [1.807, 2.05) is 5.01 Å². The number of nitrogens with one attached hydrogen (secondary N) is 1. The second-order valence-electron chi connectivity index (χ2n) is 5.10. The fourth-order valence-corrected chi connectivity index (χ4v) is 2.45. The van der Waals surface area contributed by atoms with Gasteiger partial charge >= 0.3 is 5.91 Å². The molecule has 1 saturated heterocycles. The van der Waals surface area contributed by atoms with E-state index in [1.54, 1.807) is 0 Å². The standard InChI is InChI=1S/C15H15FN2O3.ClH/c16-10-4-5-11-12(19)9-14(21-13(11)8-10)15(20)17-18-6-2-1-3-7-18;/h4-5,8-9H,1-3,6-7H2,(H,17,20);1H. The van der Waals surface area contributed by atoms with Crippen molar-refractivity contribution >= 4 is 29.3 Å². The lowest BCUT2D eigenvalue weighted by atomic mass is 10.2. The summed E-state index contributed by atoms with van der Waals surface area (Å²) < 4.78 is 18.6. The molecule has 5 nitrogen and oxygen atoms in total. The van der Waals surface area contributed by atoms with Crippen LogP contribution in [0.3, 0.4) is 0 Å². The lowest BCUT2D eigenvalue weighted by Crippen LogP contribution is -2.45. The molecule has 1 aromatic carbocycles. The third-order valence-electron chi connectivity index (χ3n) is 3.53. The third-order valence-corrected chi connectivity index (χ3v) is 3.53. The minimum Gasteiger partial charge on any atom is -0.450 e. The van der Waals surface area contributed by atoms with Gasteiger partial charge in [0, 0.05) is 25.2 Å². The molecule has 0 saturated carbocycles. The maximum absolute atomic E-state index is 13.2. The second-order valence-corrected chi connectivity index (χ2v) is 5.10. The fourth-order valence-electron chi connectivity index (χ4n) is 2.45. The van der Waals surface area contributed by atoms with Gasteiger partial charge in [0.05, 0.1) is 5.39 Å². The maximum atomic E-state index is 13.2. The Labute approximate surface area is 132 Å². The number of hydrazine groups is 1. The van der Waals surface area contributed by atoms with Gasteiger partial charge in [0.1, 0.15) is 11.4 Å². The summed E-state index contributed by atoms with van der Waals surface area (Å²) in [5, 5.41) is 2.06. The molecule has 118 valence electrons. The third kappa shape index (κ3) is 3.45. The van der Waals surface area contributed by atoms with E-state index in [9.17, 15) is 14.0 Å². The Bertz CT molecular complexity index is 741. The first kappa shape index (κ1) is 16.5. The summed E-state index contributed by atoms with van der Waals surface area (Å²) in [5.74, 6) is -1.11. The van der Waals surface area contributed by atoms with Crippen molar-refractivity contribution in [3.05, 3.63) is 46.1 Å². The van der Waals surface area contributed by atoms with Gasteiger partial charge in [0.15, 0.2) is 11.2 Å². The van der Waals surface area contributed by atoms with Gasteiger partial charge in [0.25, 0.3) is 0 Å². The van der Waals surface area contributed by atoms with E-state index in [1.165, 1.54) is 12.1 Å². The van der Waals surface area contributed by atoms with E-state index in [0.29, 0.717) is 0 Å². The van der Waals surface area contributed by atoms with E-state index in [-0.39, 0.29) is 34.6 Å². The Balaban J connectivity index is 0.00000176. The van der Waals surface area contributed by atoms with Gasteiger partial charge in [-0.25, -0.2) is 9.40 Å². The van der Waals surface area contributed by atoms with Crippen LogP contribution in [0.5, 0.6) is 0 Å². The lowest BCUT2D eigenvalue weighted by Gasteiger charge is -2.26. The van der Waals surface area contributed by atoms with Crippen LogP contribution in [0, 0.1) is 5.82 Å². The number of fused-ring (bicyclic) bond motifs is 1. The zero-order chi connectivity index (χ0) is 14.8. The first-order chi connectivity index (χ1) is 10.1. The average Bonchev–Trinajstić information content (AvgIpc) is 2.47. The summed E-state index contributed by atoms with van der Waals surface area (Å²) in [7, 11) is 0. The van der Waals surface area contributed by atoms with Crippen molar-refractivity contribution in [1.29, 1.82) is 0 Å². The van der Waals surface area contributed by atoms with Crippen LogP contribution in [0.2, 0.25) is 0 Å². The van der Waals surface area contributed by atoms with Gasteiger partial charge in [-0.15, -0.1) is 12.4 Å². The number of benzene rings is 1. The molecule has 22 heavy (non-hydrogen) atoms. The number of amides is 1. The molecular formula is C15H16ClFN2O3. The molecule has 0 spiro atoms. The summed E-state index contributed by atoms with van der Waals surface area (Å²) >= 11 is 0. The van der Waals surface area contributed by atoms with Crippen molar-refractivity contribution in [2.45, 2.75) is 19.3 Å². The normalized spacial score (nSPS) is 15.3. The van der Waals surface area contributed by atoms with Gasteiger partial charge in [-0.1, -0.05) is 6.42 Å². The van der Waals surface area contributed by atoms with Crippen molar-refractivity contribution in [3.8, 4) is 0 Å². The van der Waals surface area contributed by atoms with Crippen molar-refractivity contribution in [2.75, 3.05) is 13.1 Å².